The highest BCUT2D eigenvalue weighted by Gasteiger charge is 2.10. The fourth-order valence-electron chi connectivity index (χ4n) is 1.93. The number of imidazole rings is 1. The molecule has 0 unspecified atom stereocenters. The molecule has 3 rings (SSSR count). The molecule has 0 aliphatic carbocycles. The van der Waals surface area contributed by atoms with E-state index in [1.54, 1.807) is 18.5 Å². The third-order valence-corrected chi connectivity index (χ3v) is 3.20. The third-order valence-electron chi connectivity index (χ3n) is 2.91. The number of nitrogens with zero attached hydrogens (tertiary/aromatic N) is 5. The number of rotatable bonds is 3. The van der Waals surface area contributed by atoms with E-state index < -0.39 is 4.92 Å². The van der Waals surface area contributed by atoms with Crippen molar-refractivity contribution in [1.29, 1.82) is 0 Å². The lowest BCUT2D eigenvalue weighted by Crippen LogP contribution is -1.96. The largest absolute Gasteiger partial charge is 0.269 e. The van der Waals surface area contributed by atoms with Gasteiger partial charge in [-0.3, -0.25) is 14.1 Å². The topological polar surface area (TPSA) is 86.7 Å². The Bertz CT molecular complexity index is 784. The van der Waals surface area contributed by atoms with Gasteiger partial charge < -0.3 is 0 Å². The van der Waals surface area contributed by atoms with Crippen LogP contribution in [0.5, 0.6) is 0 Å². The first-order valence-corrected chi connectivity index (χ1v) is 6.14. The Hall–Kier alpha value is -2.48. The van der Waals surface area contributed by atoms with E-state index in [0.717, 1.165) is 11.3 Å². The minimum atomic E-state index is -0.421. The van der Waals surface area contributed by atoms with E-state index in [4.69, 9.17) is 0 Å². The third kappa shape index (κ3) is 2.21. The predicted octanol–water partition coefficient (Wildman–Crippen LogP) is 2.02. The molecule has 0 aliphatic heterocycles. The molecule has 8 heteroatoms. The second-order valence-electron chi connectivity index (χ2n) is 4.18. The van der Waals surface area contributed by atoms with Crippen LogP contribution >= 0.6 is 12.8 Å². The van der Waals surface area contributed by atoms with Gasteiger partial charge in [-0.2, -0.15) is 0 Å². The standard InChI is InChI=1S/C12H9N5O2S/c18-17(19)9-3-1-8(2-4-9)5-10-11-12(14-6-13-10)16(20)7-15-11/h1-4,6-7,20H,5H2. The second kappa shape index (κ2) is 4.89. The fraction of sp³-hybridized carbons (Fsp3) is 0.0833. The van der Waals surface area contributed by atoms with Crippen LogP contribution in [0.3, 0.4) is 0 Å². The Labute approximate surface area is 119 Å². The van der Waals surface area contributed by atoms with Gasteiger partial charge in [-0.25, -0.2) is 15.0 Å². The average molecular weight is 287 g/mol. The molecule has 0 spiro atoms. The van der Waals surface area contributed by atoms with Crippen molar-refractivity contribution in [1.82, 2.24) is 18.9 Å². The van der Waals surface area contributed by atoms with E-state index in [2.05, 4.69) is 27.8 Å². The first kappa shape index (κ1) is 12.5. The molecule has 0 fully saturated rings. The van der Waals surface area contributed by atoms with Crippen LogP contribution in [-0.4, -0.2) is 23.8 Å². The summed E-state index contributed by atoms with van der Waals surface area (Å²) in [6, 6.07) is 6.38. The summed E-state index contributed by atoms with van der Waals surface area (Å²) in [5.74, 6) is 0. The van der Waals surface area contributed by atoms with Crippen molar-refractivity contribution in [3.63, 3.8) is 0 Å². The van der Waals surface area contributed by atoms with E-state index in [1.165, 1.54) is 22.4 Å². The molecule has 0 aliphatic rings. The first-order valence-electron chi connectivity index (χ1n) is 5.74. The fourth-order valence-corrected chi connectivity index (χ4v) is 2.13. The van der Waals surface area contributed by atoms with Gasteiger partial charge in [0.15, 0.2) is 5.65 Å². The zero-order valence-electron chi connectivity index (χ0n) is 10.2. The molecule has 20 heavy (non-hydrogen) atoms. The van der Waals surface area contributed by atoms with E-state index >= 15 is 0 Å². The van der Waals surface area contributed by atoms with Gasteiger partial charge in [0.05, 0.1) is 10.6 Å². The zero-order valence-corrected chi connectivity index (χ0v) is 11.1. The summed E-state index contributed by atoms with van der Waals surface area (Å²) in [6.45, 7) is 0. The van der Waals surface area contributed by atoms with Crippen LogP contribution in [0.2, 0.25) is 0 Å². The van der Waals surface area contributed by atoms with E-state index in [-0.39, 0.29) is 5.69 Å². The SMILES string of the molecule is O=[N+]([O-])c1ccc(Cc2ncnc3c2ncn3S)cc1. The van der Waals surface area contributed by atoms with Crippen molar-refractivity contribution in [3.8, 4) is 0 Å². The maximum Gasteiger partial charge on any atom is 0.269 e. The van der Waals surface area contributed by atoms with Gasteiger partial charge in [0, 0.05) is 18.6 Å². The monoisotopic (exact) mass is 287 g/mol. The summed E-state index contributed by atoms with van der Waals surface area (Å²) in [5, 5.41) is 10.6. The molecule has 7 nitrogen and oxygen atoms in total. The zero-order chi connectivity index (χ0) is 14.1. The second-order valence-corrected chi connectivity index (χ2v) is 4.61. The summed E-state index contributed by atoms with van der Waals surface area (Å²) in [5.41, 5.74) is 3.07. The molecular formula is C12H9N5O2S. The van der Waals surface area contributed by atoms with E-state index in [1.807, 2.05) is 0 Å². The average Bonchev–Trinajstić information content (AvgIpc) is 2.82. The van der Waals surface area contributed by atoms with Crippen molar-refractivity contribution in [2.24, 2.45) is 0 Å². The molecule has 0 saturated heterocycles. The number of non-ortho nitro benzene ring substituents is 1. The lowest BCUT2D eigenvalue weighted by atomic mass is 10.1. The highest BCUT2D eigenvalue weighted by Crippen LogP contribution is 2.18. The number of hydrogen-bond donors (Lipinski definition) is 1. The molecule has 100 valence electrons. The van der Waals surface area contributed by atoms with E-state index in [0.29, 0.717) is 17.6 Å². The van der Waals surface area contributed by atoms with Crippen LogP contribution < -0.4 is 0 Å². The van der Waals surface area contributed by atoms with Crippen LogP contribution in [0.25, 0.3) is 11.2 Å². The van der Waals surface area contributed by atoms with Gasteiger partial charge in [-0.05, 0) is 5.56 Å². The maximum atomic E-state index is 10.6. The normalized spacial score (nSPS) is 10.8. The number of nitro groups is 1. The molecule has 2 aromatic heterocycles. The van der Waals surface area contributed by atoms with Crippen LogP contribution in [0.4, 0.5) is 5.69 Å². The molecule has 1 aromatic carbocycles. The number of hydrogen-bond acceptors (Lipinski definition) is 6. The highest BCUT2D eigenvalue weighted by atomic mass is 32.1. The van der Waals surface area contributed by atoms with Crippen molar-refractivity contribution in [3.05, 3.63) is 58.3 Å². The van der Waals surface area contributed by atoms with Crippen LogP contribution in [0.1, 0.15) is 11.3 Å². The minimum absolute atomic E-state index is 0.0706. The van der Waals surface area contributed by atoms with Crippen LogP contribution in [0.15, 0.2) is 36.9 Å². The molecule has 0 saturated carbocycles. The number of fused-ring (bicyclic) bond motifs is 1. The van der Waals surface area contributed by atoms with Gasteiger partial charge >= 0.3 is 0 Å². The Morgan fingerprint density at radius 1 is 1.20 bits per heavy atom. The molecule has 0 radical (unpaired) electrons. The smallest absolute Gasteiger partial charge is 0.259 e. The first-order chi connectivity index (χ1) is 9.65. The van der Waals surface area contributed by atoms with Crippen LogP contribution in [0, 0.1) is 10.1 Å². The predicted molar refractivity (Wildman–Crippen MR) is 75.6 cm³/mol. The van der Waals surface area contributed by atoms with Crippen molar-refractivity contribution < 1.29 is 4.92 Å². The van der Waals surface area contributed by atoms with Crippen molar-refractivity contribution >= 4 is 29.7 Å². The van der Waals surface area contributed by atoms with Gasteiger partial charge in [-0.1, -0.05) is 24.9 Å². The summed E-state index contributed by atoms with van der Waals surface area (Å²) in [7, 11) is 0. The van der Waals surface area contributed by atoms with Gasteiger partial charge in [-0.15, -0.1) is 0 Å². The van der Waals surface area contributed by atoms with Gasteiger partial charge in [0.25, 0.3) is 5.69 Å². The molecular weight excluding hydrogens is 278 g/mol. The number of aromatic nitrogens is 4. The summed E-state index contributed by atoms with van der Waals surface area (Å²) < 4.78 is 1.52. The van der Waals surface area contributed by atoms with Gasteiger partial charge in [0.1, 0.15) is 18.2 Å². The Balaban J connectivity index is 1.95. The van der Waals surface area contributed by atoms with E-state index in [9.17, 15) is 10.1 Å². The van der Waals surface area contributed by atoms with Crippen molar-refractivity contribution in [2.45, 2.75) is 6.42 Å². The molecule has 0 amide bonds. The Morgan fingerprint density at radius 2 is 1.95 bits per heavy atom. The Kier molecular flexibility index (Phi) is 3.07. The molecule has 0 N–H and O–H groups in total. The number of benzene rings is 1. The Morgan fingerprint density at radius 3 is 2.65 bits per heavy atom. The lowest BCUT2D eigenvalue weighted by Gasteiger charge is -2.02. The summed E-state index contributed by atoms with van der Waals surface area (Å²) >= 11 is 4.20. The molecule has 0 atom stereocenters. The minimum Gasteiger partial charge on any atom is -0.259 e. The number of nitro benzene ring substituents is 1. The highest BCUT2D eigenvalue weighted by molar-refractivity contribution is 7.78. The maximum absolute atomic E-state index is 10.6. The lowest BCUT2D eigenvalue weighted by molar-refractivity contribution is -0.384. The summed E-state index contributed by atoms with van der Waals surface area (Å²) in [6.07, 6.45) is 3.54. The summed E-state index contributed by atoms with van der Waals surface area (Å²) in [4.78, 5) is 22.7. The van der Waals surface area contributed by atoms with Crippen molar-refractivity contribution in [2.75, 3.05) is 0 Å². The van der Waals surface area contributed by atoms with Gasteiger partial charge in [0.2, 0.25) is 0 Å². The molecule has 2 heterocycles. The quantitative estimate of drug-likeness (QED) is 0.452. The number of thiol groups is 1. The molecule has 3 aromatic rings. The van der Waals surface area contributed by atoms with Crippen LogP contribution in [-0.2, 0) is 6.42 Å². The molecule has 0 bridgehead atoms.